The molecule has 0 saturated heterocycles. The lowest BCUT2D eigenvalue weighted by molar-refractivity contribution is -0.116. The second kappa shape index (κ2) is 7.71. The minimum atomic E-state index is -0.676. The first-order valence-electron chi connectivity index (χ1n) is 10.2. The van der Waals surface area contributed by atoms with Crippen LogP contribution in [0.3, 0.4) is 0 Å². The number of hydrogen-bond donors (Lipinski definition) is 1. The van der Waals surface area contributed by atoms with Gasteiger partial charge in [-0.1, -0.05) is 29.4 Å². The molecule has 5 rings (SSSR count). The Hall–Kier alpha value is -3.81. The summed E-state index contributed by atoms with van der Waals surface area (Å²) in [7, 11) is 0. The number of ketones is 1. The van der Waals surface area contributed by atoms with E-state index in [2.05, 4.69) is 10.5 Å². The van der Waals surface area contributed by atoms with E-state index in [1.165, 1.54) is 24.5 Å². The van der Waals surface area contributed by atoms with E-state index in [4.69, 9.17) is 4.52 Å². The summed E-state index contributed by atoms with van der Waals surface area (Å²) < 4.78 is 33.5. The highest BCUT2D eigenvalue weighted by atomic mass is 19.1. The van der Waals surface area contributed by atoms with Crippen LogP contribution in [0.1, 0.15) is 36.1 Å². The molecule has 0 spiro atoms. The predicted octanol–water partition coefficient (Wildman–Crippen LogP) is 4.15. The maximum Gasteiger partial charge on any atom is 0.254 e. The quantitative estimate of drug-likeness (QED) is 0.652. The molecule has 2 aliphatic rings. The van der Waals surface area contributed by atoms with Crippen LogP contribution < -0.4 is 10.2 Å². The maximum absolute atomic E-state index is 14.7. The molecule has 1 saturated carbocycles. The van der Waals surface area contributed by atoms with Crippen LogP contribution in [0.4, 0.5) is 14.6 Å². The van der Waals surface area contributed by atoms with Crippen molar-refractivity contribution < 1.29 is 22.9 Å². The first kappa shape index (κ1) is 20.1. The summed E-state index contributed by atoms with van der Waals surface area (Å²) in [6.07, 6.45) is 1.72. The molecule has 1 N–H and O–H groups in total. The van der Waals surface area contributed by atoms with E-state index >= 15 is 0 Å². The Bertz CT molecular complexity index is 1250. The van der Waals surface area contributed by atoms with Crippen molar-refractivity contribution in [2.45, 2.75) is 25.9 Å². The van der Waals surface area contributed by atoms with Crippen molar-refractivity contribution in [1.82, 2.24) is 10.5 Å². The number of carbonyl (C=O) groups excluding carboxylic acids is 2. The van der Waals surface area contributed by atoms with E-state index in [0.29, 0.717) is 34.6 Å². The summed E-state index contributed by atoms with van der Waals surface area (Å²) in [5.41, 5.74) is 2.17. The van der Waals surface area contributed by atoms with E-state index in [0.717, 1.165) is 0 Å². The van der Waals surface area contributed by atoms with E-state index in [9.17, 15) is 18.4 Å². The summed E-state index contributed by atoms with van der Waals surface area (Å²) in [4.78, 5) is 27.2. The molecule has 1 fully saturated rings. The monoisotopic (exact) mass is 435 g/mol. The van der Waals surface area contributed by atoms with Gasteiger partial charge in [-0.15, -0.1) is 0 Å². The van der Waals surface area contributed by atoms with Gasteiger partial charge in [-0.3, -0.25) is 9.59 Å². The number of hydrogen-bond acceptors (Lipinski definition) is 5. The number of Topliss-reactive ketones (excluding diaryl/α,β-unsaturated/α-hetero) is 1. The lowest BCUT2D eigenvalue weighted by Gasteiger charge is -2.32. The van der Waals surface area contributed by atoms with Gasteiger partial charge in [0.2, 0.25) is 0 Å². The zero-order valence-corrected chi connectivity index (χ0v) is 17.1. The Morgan fingerprint density at radius 3 is 2.69 bits per heavy atom. The number of halogens is 2. The zero-order chi connectivity index (χ0) is 22.4. The van der Waals surface area contributed by atoms with Gasteiger partial charge in [0.15, 0.2) is 5.82 Å². The number of rotatable bonds is 5. The number of aromatic nitrogens is 1. The van der Waals surface area contributed by atoms with Crippen LogP contribution in [0.5, 0.6) is 0 Å². The van der Waals surface area contributed by atoms with E-state index < -0.39 is 29.5 Å². The molecule has 1 aliphatic heterocycles. The van der Waals surface area contributed by atoms with Gasteiger partial charge < -0.3 is 14.7 Å². The second-order valence-electron chi connectivity index (χ2n) is 7.95. The average molecular weight is 435 g/mol. The van der Waals surface area contributed by atoms with Crippen LogP contribution >= 0.6 is 0 Å². The minimum absolute atomic E-state index is 0.00424. The maximum atomic E-state index is 14.7. The van der Waals surface area contributed by atoms with E-state index in [1.54, 1.807) is 42.2 Å². The van der Waals surface area contributed by atoms with Gasteiger partial charge in [-0.05, 0) is 36.2 Å². The number of nitrogens with zero attached hydrogens (tertiary/aromatic N) is 2. The molecule has 3 aromatic rings. The average Bonchev–Trinajstić information content (AvgIpc) is 3.24. The van der Waals surface area contributed by atoms with Crippen LogP contribution in [0.2, 0.25) is 0 Å². The van der Waals surface area contributed by atoms with Gasteiger partial charge in [0.05, 0.1) is 18.2 Å². The minimum Gasteiger partial charge on any atom is -0.363 e. The highest BCUT2D eigenvalue weighted by Gasteiger charge is 2.44. The molecule has 8 heteroatoms. The smallest absolute Gasteiger partial charge is 0.254 e. The summed E-state index contributed by atoms with van der Waals surface area (Å²) in [5, 5.41) is 6.83. The third-order valence-corrected chi connectivity index (χ3v) is 5.97. The number of allylic oxidation sites excluding steroid dienone is 1. The summed E-state index contributed by atoms with van der Waals surface area (Å²) in [5.74, 6) is -1.33. The fourth-order valence-corrected chi connectivity index (χ4v) is 4.24. The highest BCUT2D eigenvalue weighted by molar-refractivity contribution is 6.22. The van der Waals surface area contributed by atoms with Crippen LogP contribution in [0.25, 0.3) is 5.57 Å². The fourth-order valence-electron chi connectivity index (χ4n) is 4.24. The molecular weight excluding hydrogens is 416 g/mol. The third-order valence-electron chi connectivity index (χ3n) is 5.97. The summed E-state index contributed by atoms with van der Waals surface area (Å²) >= 11 is 0. The number of nitrogens with one attached hydrogen (secondary N) is 1. The normalized spacial score (nSPS) is 18.4. The fraction of sp³-hybridized carbons (Fsp3) is 0.208. The van der Waals surface area contributed by atoms with Crippen LogP contribution in [0.15, 0.2) is 65.0 Å². The SMILES string of the molecule is CC1=C(C(=O)N[C@H](c2cccc(F)c2)C2CC2=O)c2cccc(F)c2CN1c1ccon1. The largest absolute Gasteiger partial charge is 0.363 e. The van der Waals surface area contributed by atoms with Gasteiger partial charge in [-0.2, -0.15) is 0 Å². The Kier molecular flexibility index (Phi) is 4.84. The molecule has 162 valence electrons. The van der Waals surface area contributed by atoms with Crippen molar-refractivity contribution in [3.05, 3.63) is 88.8 Å². The van der Waals surface area contributed by atoms with Gasteiger partial charge in [0, 0.05) is 29.7 Å². The van der Waals surface area contributed by atoms with Gasteiger partial charge in [-0.25, -0.2) is 8.78 Å². The third kappa shape index (κ3) is 3.47. The van der Waals surface area contributed by atoms with Crippen molar-refractivity contribution >= 4 is 23.1 Å². The summed E-state index contributed by atoms with van der Waals surface area (Å²) in [6, 6.07) is 11.4. The Balaban J connectivity index is 1.56. The molecular formula is C24H19F2N3O3. The molecule has 2 atom stereocenters. The number of fused-ring (bicyclic) bond motifs is 1. The highest BCUT2D eigenvalue weighted by Crippen LogP contribution is 2.40. The number of anilines is 1. The van der Waals surface area contributed by atoms with Crippen molar-refractivity contribution in [3.63, 3.8) is 0 Å². The molecule has 1 aromatic heterocycles. The first-order valence-corrected chi connectivity index (χ1v) is 10.2. The topological polar surface area (TPSA) is 75.4 Å². The second-order valence-corrected chi connectivity index (χ2v) is 7.95. The van der Waals surface area contributed by atoms with E-state index in [-0.39, 0.29) is 17.9 Å². The van der Waals surface area contributed by atoms with Crippen LogP contribution in [-0.2, 0) is 16.1 Å². The Labute approximate surface area is 182 Å². The molecule has 1 aliphatic carbocycles. The van der Waals surface area contributed by atoms with Gasteiger partial charge in [0.1, 0.15) is 23.7 Å². The summed E-state index contributed by atoms with van der Waals surface area (Å²) in [6.45, 7) is 1.93. The van der Waals surface area contributed by atoms with Crippen LogP contribution in [0, 0.1) is 17.6 Å². The molecule has 2 heterocycles. The van der Waals surface area contributed by atoms with Gasteiger partial charge in [0.25, 0.3) is 5.91 Å². The molecule has 0 radical (unpaired) electrons. The van der Waals surface area contributed by atoms with Crippen LogP contribution in [-0.4, -0.2) is 16.8 Å². The number of benzene rings is 2. The molecule has 6 nitrogen and oxygen atoms in total. The Morgan fingerprint density at radius 2 is 2.00 bits per heavy atom. The molecule has 1 unspecified atom stereocenters. The van der Waals surface area contributed by atoms with Crippen molar-refractivity contribution in [3.8, 4) is 0 Å². The standard InChI is InChI=1S/C24H19F2N3O3/c1-13-22(16-6-3-7-19(26)18(16)12-29(13)21-8-9-32-28-21)24(31)27-23(17-11-20(17)30)14-4-2-5-15(25)10-14/h2-10,17,23H,11-12H2,1H3,(H,27,31)/t17?,23-/m1/s1. The van der Waals surface area contributed by atoms with Crippen molar-refractivity contribution in [2.24, 2.45) is 5.92 Å². The molecule has 32 heavy (non-hydrogen) atoms. The van der Waals surface area contributed by atoms with Crippen molar-refractivity contribution in [2.75, 3.05) is 4.90 Å². The lowest BCUT2D eigenvalue weighted by Crippen LogP contribution is -2.36. The first-order chi connectivity index (χ1) is 15.4. The predicted molar refractivity (Wildman–Crippen MR) is 112 cm³/mol. The Morgan fingerprint density at radius 1 is 1.22 bits per heavy atom. The number of carbonyl (C=O) groups is 2. The zero-order valence-electron chi connectivity index (χ0n) is 17.1. The number of amides is 1. The van der Waals surface area contributed by atoms with E-state index in [1.807, 2.05) is 0 Å². The molecule has 2 aromatic carbocycles. The molecule has 0 bridgehead atoms. The molecule has 1 amide bonds. The van der Waals surface area contributed by atoms with Gasteiger partial charge >= 0.3 is 0 Å². The van der Waals surface area contributed by atoms with Crippen molar-refractivity contribution in [1.29, 1.82) is 0 Å². The lowest BCUT2D eigenvalue weighted by atomic mass is 9.91.